The van der Waals surface area contributed by atoms with Gasteiger partial charge in [0.2, 0.25) is 0 Å². The van der Waals surface area contributed by atoms with E-state index in [1.807, 2.05) is 6.61 Å². The molecule has 1 aromatic carbocycles. The summed E-state index contributed by atoms with van der Waals surface area (Å²) in [5.74, 6) is 0.106. The van der Waals surface area contributed by atoms with Crippen LogP contribution in [0.4, 0.5) is 0 Å². The number of ether oxygens (including phenoxy) is 1. The van der Waals surface area contributed by atoms with Crippen molar-refractivity contribution in [2.45, 2.75) is 64.2 Å². The van der Waals surface area contributed by atoms with Crippen molar-refractivity contribution >= 4 is 0 Å². The second-order valence-electron chi connectivity index (χ2n) is 10.4. The molecule has 0 amide bonds. The maximum atomic E-state index is 11.8. The van der Waals surface area contributed by atoms with Gasteiger partial charge in [0.1, 0.15) is 11.7 Å². The van der Waals surface area contributed by atoms with Gasteiger partial charge in [0.05, 0.1) is 6.61 Å². The zero-order valence-corrected chi connectivity index (χ0v) is 18.6. The molecular formula is C26H37N2O2. The van der Waals surface area contributed by atoms with Crippen molar-refractivity contribution in [3.63, 3.8) is 0 Å². The van der Waals surface area contributed by atoms with Crippen molar-refractivity contribution in [2.24, 2.45) is 11.3 Å². The first kappa shape index (κ1) is 20.7. The van der Waals surface area contributed by atoms with E-state index in [1.54, 1.807) is 0 Å². The van der Waals surface area contributed by atoms with Crippen LogP contribution in [0.3, 0.4) is 0 Å². The third-order valence-corrected chi connectivity index (χ3v) is 8.37. The molecule has 2 heterocycles. The van der Waals surface area contributed by atoms with Gasteiger partial charge >= 0.3 is 0 Å². The SMILES string of the molecule is CC1=C2[C@@H]3O[CH]C(CN4CCN(Cc5ccccc5)CC4)C3(O)CC[C@@]2(C)CCC1. The average Bonchev–Trinajstić information content (AvgIpc) is 3.06. The predicted molar refractivity (Wildman–Crippen MR) is 120 cm³/mol. The molecule has 163 valence electrons. The molecule has 4 atom stereocenters. The van der Waals surface area contributed by atoms with Crippen LogP contribution in [-0.2, 0) is 11.3 Å². The highest BCUT2D eigenvalue weighted by Gasteiger charge is 2.59. The lowest BCUT2D eigenvalue weighted by Crippen LogP contribution is -2.56. The first-order valence-corrected chi connectivity index (χ1v) is 11.9. The van der Waals surface area contributed by atoms with E-state index >= 15 is 0 Å². The lowest BCUT2D eigenvalue weighted by Gasteiger charge is -2.51. The van der Waals surface area contributed by atoms with Crippen LogP contribution in [0.2, 0.25) is 0 Å². The molecule has 1 N–H and O–H groups in total. The molecule has 1 aromatic rings. The monoisotopic (exact) mass is 409 g/mol. The second-order valence-corrected chi connectivity index (χ2v) is 10.4. The van der Waals surface area contributed by atoms with E-state index < -0.39 is 5.60 Å². The fraction of sp³-hybridized carbons (Fsp3) is 0.654. The summed E-state index contributed by atoms with van der Waals surface area (Å²) in [6.45, 7) is 12.9. The number of piperazine rings is 1. The summed E-state index contributed by atoms with van der Waals surface area (Å²) in [6, 6.07) is 10.8. The van der Waals surface area contributed by atoms with Crippen LogP contribution >= 0.6 is 0 Å². The molecule has 2 unspecified atom stereocenters. The highest BCUT2D eigenvalue weighted by molar-refractivity contribution is 5.35. The Labute approximate surface area is 181 Å². The number of allylic oxidation sites excluding steroid dienone is 1. The van der Waals surface area contributed by atoms with Gasteiger partial charge in [0.15, 0.2) is 0 Å². The van der Waals surface area contributed by atoms with Crippen LogP contribution in [0.5, 0.6) is 0 Å². The summed E-state index contributed by atoms with van der Waals surface area (Å²) in [6.07, 6.45) is 5.50. The molecule has 1 saturated carbocycles. The lowest BCUT2D eigenvalue weighted by molar-refractivity contribution is -0.0830. The van der Waals surface area contributed by atoms with Crippen LogP contribution in [0.25, 0.3) is 0 Å². The molecular weight excluding hydrogens is 372 g/mol. The Bertz CT molecular complexity index is 785. The largest absolute Gasteiger partial charge is 0.386 e. The highest BCUT2D eigenvalue weighted by atomic mass is 16.5. The van der Waals surface area contributed by atoms with Gasteiger partial charge < -0.3 is 14.7 Å². The van der Waals surface area contributed by atoms with Crippen LogP contribution in [0, 0.1) is 17.9 Å². The van der Waals surface area contributed by atoms with Crippen LogP contribution in [0.1, 0.15) is 51.5 Å². The van der Waals surface area contributed by atoms with E-state index in [0.29, 0.717) is 0 Å². The molecule has 30 heavy (non-hydrogen) atoms. The Balaban J connectivity index is 1.21. The number of benzene rings is 1. The Morgan fingerprint density at radius 2 is 1.77 bits per heavy atom. The molecule has 0 bridgehead atoms. The van der Waals surface area contributed by atoms with Gasteiger partial charge in [-0.3, -0.25) is 4.90 Å². The van der Waals surface area contributed by atoms with Gasteiger partial charge in [0, 0.05) is 45.2 Å². The average molecular weight is 410 g/mol. The molecule has 0 spiro atoms. The van der Waals surface area contributed by atoms with Crippen molar-refractivity contribution in [1.82, 2.24) is 9.80 Å². The van der Waals surface area contributed by atoms with Gasteiger partial charge in [-0.25, -0.2) is 0 Å². The van der Waals surface area contributed by atoms with E-state index in [-0.39, 0.29) is 17.4 Å². The van der Waals surface area contributed by atoms with Crippen molar-refractivity contribution in [3.8, 4) is 0 Å². The molecule has 0 aromatic heterocycles. The summed E-state index contributed by atoms with van der Waals surface area (Å²) in [4.78, 5) is 5.07. The summed E-state index contributed by atoms with van der Waals surface area (Å²) in [5.41, 5.74) is 3.78. The molecule has 2 aliphatic heterocycles. The molecule has 4 nitrogen and oxygen atoms in total. The number of fused-ring (bicyclic) bond motifs is 3. The van der Waals surface area contributed by atoms with Crippen LogP contribution in [-0.4, -0.2) is 59.3 Å². The maximum Gasteiger partial charge on any atom is 0.109 e. The topological polar surface area (TPSA) is 35.9 Å². The molecule has 5 rings (SSSR count). The first-order chi connectivity index (χ1) is 14.5. The maximum absolute atomic E-state index is 11.8. The molecule has 3 fully saturated rings. The third-order valence-electron chi connectivity index (χ3n) is 8.37. The standard InChI is InChI=1S/C26H37N2O2/c1-20-7-6-10-25(2)11-12-26(29)22(19-30-24(26)23(20)25)18-28-15-13-27(14-16-28)17-21-8-4-3-5-9-21/h3-5,8-9,19,22,24,29H,6-7,10-18H2,1-2H3/t22?,24-,25+,26?/m0/s1. The molecule has 4 aliphatic rings. The quantitative estimate of drug-likeness (QED) is 0.762. The van der Waals surface area contributed by atoms with Gasteiger partial charge in [-0.15, -0.1) is 0 Å². The minimum Gasteiger partial charge on any atom is -0.386 e. The Morgan fingerprint density at radius 3 is 2.53 bits per heavy atom. The first-order valence-electron chi connectivity index (χ1n) is 11.9. The molecule has 4 heteroatoms. The van der Waals surface area contributed by atoms with Crippen LogP contribution in [0.15, 0.2) is 41.5 Å². The van der Waals surface area contributed by atoms with E-state index in [0.717, 1.165) is 58.5 Å². The van der Waals surface area contributed by atoms with Crippen molar-refractivity contribution in [1.29, 1.82) is 0 Å². The smallest absolute Gasteiger partial charge is 0.109 e. The Kier molecular flexibility index (Phi) is 5.55. The highest BCUT2D eigenvalue weighted by Crippen LogP contribution is 2.57. The van der Waals surface area contributed by atoms with Crippen molar-refractivity contribution in [3.05, 3.63) is 53.6 Å². The van der Waals surface area contributed by atoms with E-state index in [9.17, 15) is 5.11 Å². The van der Waals surface area contributed by atoms with Gasteiger partial charge in [-0.1, -0.05) is 42.8 Å². The van der Waals surface area contributed by atoms with Crippen molar-refractivity contribution in [2.75, 3.05) is 32.7 Å². The lowest BCUT2D eigenvalue weighted by atomic mass is 9.58. The number of hydrogen-bond acceptors (Lipinski definition) is 4. The number of aliphatic hydroxyl groups is 1. The van der Waals surface area contributed by atoms with Gasteiger partial charge in [-0.05, 0) is 55.6 Å². The van der Waals surface area contributed by atoms with Crippen LogP contribution < -0.4 is 0 Å². The zero-order valence-electron chi connectivity index (χ0n) is 18.6. The minimum atomic E-state index is -0.728. The van der Waals surface area contributed by atoms with E-state index in [4.69, 9.17) is 4.74 Å². The fourth-order valence-corrected chi connectivity index (χ4v) is 6.49. The Morgan fingerprint density at radius 1 is 1.03 bits per heavy atom. The normalized spacial score (nSPS) is 37.8. The number of hydrogen-bond donors (Lipinski definition) is 1. The number of rotatable bonds is 4. The van der Waals surface area contributed by atoms with E-state index in [2.05, 4.69) is 54.0 Å². The summed E-state index contributed by atoms with van der Waals surface area (Å²) in [7, 11) is 0. The van der Waals surface area contributed by atoms with E-state index in [1.165, 1.54) is 29.6 Å². The van der Waals surface area contributed by atoms with Gasteiger partial charge in [-0.2, -0.15) is 0 Å². The fourth-order valence-electron chi connectivity index (χ4n) is 6.49. The number of nitrogens with zero attached hydrogens (tertiary/aromatic N) is 2. The summed E-state index contributed by atoms with van der Waals surface area (Å²) >= 11 is 0. The Hall–Kier alpha value is -1.20. The molecule has 1 radical (unpaired) electrons. The second kappa shape index (κ2) is 8.05. The van der Waals surface area contributed by atoms with Crippen molar-refractivity contribution < 1.29 is 9.84 Å². The molecule has 2 aliphatic carbocycles. The summed E-state index contributed by atoms with van der Waals surface area (Å²) in [5, 5.41) is 11.8. The zero-order chi connectivity index (χ0) is 20.8. The minimum absolute atomic E-state index is 0.106. The summed E-state index contributed by atoms with van der Waals surface area (Å²) < 4.78 is 6.25. The van der Waals surface area contributed by atoms with Gasteiger partial charge in [0.25, 0.3) is 0 Å². The molecule has 2 saturated heterocycles. The third kappa shape index (κ3) is 3.66. The predicted octanol–water partition coefficient (Wildman–Crippen LogP) is 4.01.